The Morgan fingerprint density at radius 3 is 2.94 bits per heavy atom. The smallest absolute Gasteiger partial charge is 0.326 e. The molecule has 0 spiro atoms. The van der Waals surface area contributed by atoms with Gasteiger partial charge in [0.1, 0.15) is 6.04 Å². The lowest BCUT2D eigenvalue weighted by atomic mass is 10.2. The second kappa shape index (κ2) is 4.48. The molecule has 2 rings (SSSR count). The van der Waals surface area contributed by atoms with Gasteiger partial charge in [0.05, 0.1) is 11.8 Å². The highest BCUT2D eigenvalue weighted by molar-refractivity contribution is 5.97. The summed E-state index contributed by atoms with van der Waals surface area (Å²) in [6, 6.07) is 0.407. The van der Waals surface area contributed by atoms with Gasteiger partial charge in [-0.25, -0.2) is 9.18 Å². The number of carbonyl (C=O) groups excluding carboxylic acids is 1. The number of pyridine rings is 1. The van der Waals surface area contributed by atoms with Crippen LogP contribution in [-0.2, 0) is 4.79 Å². The fraction of sp³-hybridized carbons (Fsp3) is 0.364. The van der Waals surface area contributed by atoms with E-state index in [0.717, 1.165) is 6.20 Å². The third-order valence-electron chi connectivity index (χ3n) is 2.80. The van der Waals surface area contributed by atoms with Crippen molar-refractivity contribution in [3.05, 3.63) is 29.8 Å². The van der Waals surface area contributed by atoms with Crippen molar-refractivity contribution in [1.82, 2.24) is 9.88 Å². The molecule has 0 saturated carbocycles. The number of aromatic nitrogens is 1. The lowest BCUT2D eigenvalue weighted by Gasteiger charge is -2.21. The van der Waals surface area contributed by atoms with Crippen molar-refractivity contribution in [3.8, 4) is 0 Å². The third kappa shape index (κ3) is 2.11. The van der Waals surface area contributed by atoms with Gasteiger partial charge in [0.2, 0.25) is 0 Å². The van der Waals surface area contributed by atoms with Crippen molar-refractivity contribution in [2.24, 2.45) is 0 Å². The average molecular weight is 238 g/mol. The van der Waals surface area contributed by atoms with E-state index in [0.29, 0.717) is 19.4 Å². The van der Waals surface area contributed by atoms with Crippen molar-refractivity contribution in [2.75, 3.05) is 6.54 Å². The number of hydrogen-bond donors (Lipinski definition) is 1. The molecule has 0 bridgehead atoms. The molecule has 0 aliphatic carbocycles. The summed E-state index contributed by atoms with van der Waals surface area (Å²) in [5.74, 6) is -2.37. The van der Waals surface area contributed by atoms with Crippen LogP contribution in [0, 0.1) is 5.82 Å². The molecule has 1 N–H and O–H groups in total. The van der Waals surface area contributed by atoms with E-state index in [1.54, 1.807) is 0 Å². The van der Waals surface area contributed by atoms with Gasteiger partial charge in [0.15, 0.2) is 5.82 Å². The summed E-state index contributed by atoms with van der Waals surface area (Å²) in [5.41, 5.74) is -0.131. The van der Waals surface area contributed by atoms with Gasteiger partial charge in [-0.1, -0.05) is 0 Å². The summed E-state index contributed by atoms with van der Waals surface area (Å²) in [7, 11) is 0. The molecule has 1 atom stereocenters. The second-order valence-electron chi connectivity index (χ2n) is 3.85. The molecule has 0 aromatic carbocycles. The van der Waals surface area contributed by atoms with Crippen LogP contribution in [0.5, 0.6) is 0 Å². The van der Waals surface area contributed by atoms with Crippen molar-refractivity contribution in [3.63, 3.8) is 0 Å². The molecule has 1 aromatic rings. The van der Waals surface area contributed by atoms with Gasteiger partial charge >= 0.3 is 5.97 Å². The van der Waals surface area contributed by atoms with Gasteiger partial charge in [-0.3, -0.25) is 9.78 Å². The molecule has 0 radical (unpaired) electrons. The number of nitrogens with zero attached hydrogens (tertiary/aromatic N) is 2. The standard InChI is InChI=1S/C11H11FN2O3/c12-8-6-13-4-3-7(8)10(15)14-5-1-2-9(14)11(16)17/h3-4,6,9H,1-2,5H2,(H,16,17)/t9-/m1/s1. The summed E-state index contributed by atoms with van der Waals surface area (Å²) < 4.78 is 13.4. The van der Waals surface area contributed by atoms with Crippen LogP contribution in [-0.4, -0.2) is 39.5 Å². The Balaban J connectivity index is 2.26. The maximum Gasteiger partial charge on any atom is 0.326 e. The highest BCUT2D eigenvalue weighted by atomic mass is 19.1. The Morgan fingerprint density at radius 1 is 1.53 bits per heavy atom. The number of halogens is 1. The van der Waals surface area contributed by atoms with Gasteiger partial charge in [0.25, 0.3) is 5.91 Å². The van der Waals surface area contributed by atoms with Crippen LogP contribution < -0.4 is 0 Å². The minimum absolute atomic E-state index is 0.131. The lowest BCUT2D eigenvalue weighted by Crippen LogP contribution is -2.40. The van der Waals surface area contributed by atoms with Gasteiger partial charge in [-0.2, -0.15) is 0 Å². The molecule has 1 amide bonds. The zero-order valence-corrected chi connectivity index (χ0v) is 8.97. The maximum atomic E-state index is 13.4. The van der Waals surface area contributed by atoms with Gasteiger partial charge in [0, 0.05) is 12.7 Å². The van der Waals surface area contributed by atoms with E-state index in [2.05, 4.69) is 4.98 Å². The Kier molecular flexibility index (Phi) is 3.03. The van der Waals surface area contributed by atoms with Crippen molar-refractivity contribution < 1.29 is 19.1 Å². The van der Waals surface area contributed by atoms with E-state index >= 15 is 0 Å². The SMILES string of the molecule is O=C(O)[C@H]1CCCN1C(=O)c1ccncc1F. The van der Waals surface area contributed by atoms with E-state index in [1.165, 1.54) is 17.2 Å². The molecular formula is C11H11FN2O3. The maximum absolute atomic E-state index is 13.4. The van der Waals surface area contributed by atoms with Crippen LogP contribution in [0.2, 0.25) is 0 Å². The van der Waals surface area contributed by atoms with Gasteiger partial charge < -0.3 is 10.0 Å². The molecule has 1 aliphatic rings. The molecule has 90 valence electrons. The number of likely N-dealkylation sites (tertiary alicyclic amines) is 1. The number of amides is 1. The minimum Gasteiger partial charge on any atom is -0.480 e. The molecule has 6 heteroatoms. The monoisotopic (exact) mass is 238 g/mol. The zero-order valence-electron chi connectivity index (χ0n) is 8.97. The minimum atomic E-state index is -1.05. The Morgan fingerprint density at radius 2 is 2.29 bits per heavy atom. The number of carboxylic acids is 1. The van der Waals surface area contributed by atoms with Crippen LogP contribution in [0.1, 0.15) is 23.2 Å². The Bertz CT molecular complexity index is 464. The molecule has 17 heavy (non-hydrogen) atoms. The van der Waals surface area contributed by atoms with Crippen LogP contribution >= 0.6 is 0 Å². The summed E-state index contributed by atoms with van der Waals surface area (Å²) in [4.78, 5) is 27.7. The molecule has 1 fully saturated rings. The Hall–Kier alpha value is -1.98. The van der Waals surface area contributed by atoms with Crippen molar-refractivity contribution in [1.29, 1.82) is 0 Å². The van der Waals surface area contributed by atoms with E-state index in [-0.39, 0.29) is 5.56 Å². The first kappa shape index (κ1) is 11.5. The van der Waals surface area contributed by atoms with E-state index in [1.807, 2.05) is 0 Å². The van der Waals surface area contributed by atoms with Crippen LogP contribution in [0.4, 0.5) is 4.39 Å². The van der Waals surface area contributed by atoms with E-state index in [4.69, 9.17) is 5.11 Å². The van der Waals surface area contributed by atoms with Crippen LogP contribution in [0.15, 0.2) is 18.5 Å². The summed E-state index contributed by atoms with van der Waals surface area (Å²) in [5, 5.41) is 8.95. The average Bonchev–Trinajstić information content (AvgIpc) is 2.77. The quantitative estimate of drug-likeness (QED) is 0.831. The molecule has 5 nitrogen and oxygen atoms in total. The first-order chi connectivity index (χ1) is 8.11. The molecule has 2 heterocycles. The number of rotatable bonds is 2. The van der Waals surface area contributed by atoms with Crippen molar-refractivity contribution >= 4 is 11.9 Å². The van der Waals surface area contributed by atoms with Crippen LogP contribution in [0.3, 0.4) is 0 Å². The van der Waals surface area contributed by atoms with Crippen LogP contribution in [0.25, 0.3) is 0 Å². The molecule has 0 unspecified atom stereocenters. The molecule has 1 saturated heterocycles. The fourth-order valence-corrected chi connectivity index (χ4v) is 1.97. The number of hydrogen-bond acceptors (Lipinski definition) is 3. The molecule has 1 aromatic heterocycles. The van der Waals surface area contributed by atoms with Crippen molar-refractivity contribution in [2.45, 2.75) is 18.9 Å². The van der Waals surface area contributed by atoms with Gasteiger partial charge in [-0.05, 0) is 18.9 Å². The number of aliphatic carboxylic acids is 1. The molecular weight excluding hydrogens is 227 g/mol. The predicted molar refractivity (Wildman–Crippen MR) is 55.9 cm³/mol. The number of carbonyl (C=O) groups is 2. The van der Waals surface area contributed by atoms with E-state index in [9.17, 15) is 14.0 Å². The highest BCUT2D eigenvalue weighted by Gasteiger charge is 2.35. The molecule has 1 aliphatic heterocycles. The zero-order chi connectivity index (χ0) is 12.4. The van der Waals surface area contributed by atoms with Gasteiger partial charge in [-0.15, -0.1) is 0 Å². The lowest BCUT2D eigenvalue weighted by molar-refractivity contribution is -0.141. The summed E-state index contributed by atoms with van der Waals surface area (Å²) >= 11 is 0. The first-order valence-corrected chi connectivity index (χ1v) is 5.24. The predicted octanol–water partition coefficient (Wildman–Crippen LogP) is 0.910. The second-order valence-corrected chi connectivity index (χ2v) is 3.85. The largest absolute Gasteiger partial charge is 0.480 e. The topological polar surface area (TPSA) is 70.5 Å². The number of carboxylic acid groups (broad SMARTS) is 1. The first-order valence-electron chi connectivity index (χ1n) is 5.24. The fourth-order valence-electron chi connectivity index (χ4n) is 1.97. The third-order valence-corrected chi connectivity index (χ3v) is 2.80. The Labute approximate surface area is 96.9 Å². The normalized spacial score (nSPS) is 19.4. The summed E-state index contributed by atoms with van der Waals surface area (Å²) in [6.07, 6.45) is 3.28. The summed E-state index contributed by atoms with van der Waals surface area (Å²) in [6.45, 7) is 0.345. The highest BCUT2D eigenvalue weighted by Crippen LogP contribution is 2.21. The van der Waals surface area contributed by atoms with E-state index < -0.39 is 23.7 Å².